The highest BCUT2D eigenvalue weighted by Crippen LogP contribution is 2.15. The fourth-order valence-electron chi connectivity index (χ4n) is 3.71. The van der Waals surface area contributed by atoms with Gasteiger partial charge < -0.3 is 15.0 Å². The fraction of sp³-hybridized carbons (Fsp3) is 0.417. The molecule has 1 saturated heterocycles. The summed E-state index contributed by atoms with van der Waals surface area (Å²) in [5.74, 6) is 0.0590. The molecule has 0 radical (unpaired) electrons. The van der Waals surface area contributed by atoms with Crippen LogP contribution in [0.4, 0.5) is 0 Å². The van der Waals surface area contributed by atoms with Crippen molar-refractivity contribution in [3.63, 3.8) is 0 Å². The average Bonchev–Trinajstić information content (AvgIpc) is 2.70. The molecule has 0 spiro atoms. The monoisotopic (exact) mass is 394 g/mol. The van der Waals surface area contributed by atoms with Crippen molar-refractivity contribution >= 4 is 11.8 Å². The molecule has 3 rings (SSSR count). The third-order valence-corrected chi connectivity index (χ3v) is 5.12. The lowest BCUT2D eigenvalue weighted by Crippen LogP contribution is -2.48. The Morgan fingerprint density at radius 1 is 1.03 bits per heavy atom. The molecule has 0 saturated carbocycles. The topological polar surface area (TPSA) is 58.6 Å². The highest BCUT2D eigenvalue weighted by Gasteiger charge is 2.26. The maximum absolute atomic E-state index is 12.7. The Bertz CT molecular complexity index is 837. The van der Waals surface area contributed by atoms with Gasteiger partial charge in [-0.1, -0.05) is 42.0 Å². The van der Waals surface area contributed by atoms with Crippen molar-refractivity contribution in [1.29, 1.82) is 0 Å². The van der Waals surface area contributed by atoms with E-state index in [1.165, 1.54) is 11.1 Å². The number of hydrogen-bond donors (Lipinski definition) is 1. The van der Waals surface area contributed by atoms with E-state index < -0.39 is 0 Å². The third-order valence-electron chi connectivity index (χ3n) is 5.12. The van der Waals surface area contributed by atoms with E-state index in [0.29, 0.717) is 31.6 Å². The molecule has 5 nitrogen and oxygen atoms in total. The molecule has 2 atom stereocenters. The summed E-state index contributed by atoms with van der Waals surface area (Å²) in [6.07, 6.45) is 1.30. The molecule has 1 N–H and O–H groups in total. The zero-order chi connectivity index (χ0) is 20.8. The van der Waals surface area contributed by atoms with Gasteiger partial charge in [-0.15, -0.1) is 0 Å². The summed E-state index contributed by atoms with van der Waals surface area (Å²) in [7, 11) is 0. The number of carbonyl (C=O) groups excluding carboxylic acids is 2. The van der Waals surface area contributed by atoms with Gasteiger partial charge in [0.1, 0.15) is 0 Å². The van der Waals surface area contributed by atoms with Crippen LogP contribution in [0.1, 0.15) is 47.3 Å². The van der Waals surface area contributed by atoms with Crippen LogP contribution in [-0.4, -0.2) is 42.0 Å². The Balaban J connectivity index is 1.47. The molecule has 5 heteroatoms. The first-order chi connectivity index (χ1) is 13.9. The fourth-order valence-corrected chi connectivity index (χ4v) is 3.71. The summed E-state index contributed by atoms with van der Waals surface area (Å²) in [5, 5.41) is 2.96. The van der Waals surface area contributed by atoms with E-state index in [0.717, 1.165) is 12.0 Å². The second kappa shape index (κ2) is 9.70. The van der Waals surface area contributed by atoms with Crippen LogP contribution in [-0.2, 0) is 22.5 Å². The molecule has 0 aromatic heterocycles. The van der Waals surface area contributed by atoms with Crippen LogP contribution in [0.25, 0.3) is 0 Å². The van der Waals surface area contributed by atoms with Crippen molar-refractivity contribution in [2.24, 2.45) is 0 Å². The van der Waals surface area contributed by atoms with Crippen LogP contribution < -0.4 is 5.32 Å². The number of aryl methyl sites for hydroxylation is 2. The van der Waals surface area contributed by atoms with E-state index in [4.69, 9.17) is 4.74 Å². The van der Waals surface area contributed by atoms with Crippen LogP contribution in [0, 0.1) is 6.92 Å². The highest BCUT2D eigenvalue weighted by atomic mass is 16.5. The number of amides is 2. The number of ether oxygens (including phenoxy) is 1. The number of benzene rings is 2. The lowest BCUT2D eigenvalue weighted by molar-refractivity contribution is -0.121. The molecule has 2 aromatic carbocycles. The van der Waals surface area contributed by atoms with Crippen LogP contribution in [0.2, 0.25) is 0 Å². The normalized spacial score (nSPS) is 19.1. The lowest BCUT2D eigenvalue weighted by atomic mass is 10.1. The Kier molecular flexibility index (Phi) is 7.04. The summed E-state index contributed by atoms with van der Waals surface area (Å²) in [6, 6.07) is 15.7. The molecular formula is C24H30N2O3. The molecule has 1 aliphatic heterocycles. The van der Waals surface area contributed by atoms with Crippen molar-refractivity contribution in [3.05, 3.63) is 70.8 Å². The number of morpholine rings is 1. The molecule has 0 aliphatic carbocycles. The predicted octanol–water partition coefficient (Wildman–Crippen LogP) is 3.49. The molecular weight excluding hydrogens is 364 g/mol. The highest BCUT2D eigenvalue weighted by molar-refractivity contribution is 5.94. The molecule has 154 valence electrons. The van der Waals surface area contributed by atoms with E-state index in [-0.39, 0.29) is 24.0 Å². The zero-order valence-corrected chi connectivity index (χ0v) is 17.5. The molecule has 1 fully saturated rings. The first-order valence-electron chi connectivity index (χ1n) is 10.3. The van der Waals surface area contributed by atoms with Crippen molar-refractivity contribution in [1.82, 2.24) is 10.2 Å². The quantitative estimate of drug-likeness (QED) is 0.816. The number of nitrogens with one attached hydrogen (secondary N) is 1. The van der Waals surface area contributed by atoms with Gasteiger partial charge >= 0.3 is 0 Å². The van der Waals surface area contributed by atoms with Gasteiger partial charge in [-0.2, -0.15) is 0 Å². The van der Waals surface area contributed by atoms with Gasteiger partial charge in [0.15, 0.2) is 0 Å². The van der Waals surface area contributed by atoms with E-state index in [9.17, 15) is 9.59 Å². The van der Waals surface area contributed by atoms with Crippen LogP contribution >= 0.6 is 0 Å². The number of carbonyl (C=O) groups is 2. The van der Waals surface area contributed by atoms with Crippen molar-refractivity contribution in [3.8, 4) is 0 Å². The summed E-state index contributed by atoms with van der Waals surface area (Å²) < 4.78 is 5.70. The SMILES string of the molecule is Cc1cccc(CCC(=O)NCc2ccc(C(=O)N3CC(C)OC(C)C3)cc2)c1. The number of rotatable bonds is 6. The zero-order valence-electron chi connectivity index (χ0n) is 17.5. The van der Waals surface area contributed by atoms with E-state index in [1.54, 1.807) is 0 Å². The first-order valence-corrected chi connectivity index (χ1v) is 10.3. The maximum Gasteiger partial charge on any atom is 0.254 e. The summed E-state index contributed by atoms with van der Waals surface area (Å²) in [6.45, 7) is 7.72. The Labute approximate surface area is 173 Å². The van der Waals surface area contributed by atoms with Gasteiger partial charge in [0, 0.05) is 31.6 Å². The minimum Gasteiger partial charge on any atom is -0.372 e. The molecule has 2 aromatic rings. The van der Waals surface area contributed by atoms with Gasteiger partial charge in [0.05, 0.1) is 12.2 Å². The predicted molar refractivity (Wildman–Crippen MR) is 114 cm³/mol. The Hall–Kier alpha value is -2.66. The van der Waals surface area contributed by atoms with E-state index in [1.807, 2.05) is 55.1 Å². The number of hydrogen-bond acceptors (Lipinski definition) is 3. The van der Waals surface area contributed by atoms with Gasteiger partial charge in [-0.3, -0.25) is 9.59 Å². The smallest absolute Gasteiger partial charge is 0.254 e. The largest absolute Gasteiger partial charge is 0.372 e. The van der Waals surface area contributed by atoms with E-state index in [2.05, 4.69) is 24.4 Å². The van der Waals surface area contributed by atoms with Crippen molar-refractivity contribution < 1.29 is 14.3 Å². The molecule has 1 heterocycles. The van der Waals surface area contributed by atoms with Crippen molar-refractivity contribution in [2.45, 2.75) is 52.4 Å². The van der Waals surface area contributed by atoms with Gasteiger partial charge in [-0.25, -0.2) is 0 Å². The molecule has 29 heavy (non-hydrogen) atoms. The van der Waals surface area contributed by atoms with Crippen LogP contribution in [0.15, 0.2) is 48.5 Å². The first kappa shape index (κ1) is 21.1. The Morgan fingerprint density at radius 3 is 2.38 bits per heavy atom. The lowest BCUT2D eigenvalue weighted by Gasteiger charge is -2.35. The summed E-state index contributed by atoms with van der Waals surface area (Å²) in [4.78, 5) is 26.7. The third kappa shape index (κ3) is 6.16. The maximum atomic E-state index is 12.7. The molecule has 2 unspecified atom stereocenters. The Morgan fingerprint density at radius 2 is 1.72 bits per heavy atom. The van der Waals surface area contributed by atoms with Gasteiger partial charge in [-0.05, 0) is 50.5 Å². The second-order valence-electron chi connectivity index (χ2n) is 7.93. The molecule has 2 amide bonds. The van der Waals surface area contributed by atoms with Crippen LogP contribution in [0.3, 0.4) is 0 Å². The number of nitrogens with zero attached hydrogens (tertiary/aromatic N) is 1. The average molecular weight is 395 g/mol. The standard InChI is InChI=1S/C24H30N2O3/c1-17-5-4-6-20(13-17)9-12-23(27)25-14-21-7-10-22(11-8-21)24(28)26-15-18(2)29-19(3)16-26/h4-8,10-11,13,18-19H,9,12,14-16H2,1-3H3,(H,25,27). The minimum absolute atomic E-state index is 0.0285. The summed E-state index contributed by atoms with van der Waals surface area (Å²) in [5.41, 5.74) is 4.03. The van der Waals surface area contributed by atoms with Gasteiger partial charge in [0.2, 0.25) is 5.91 Å². The van der Waals surface area contributed by atoms with Crippen LogP contribution in [0.5, 0.6) is 0 Å². The minimum atomic E-state index is 0.0285. The molecule has 0 bridgehead atoms. The molecule has 1 aliphatic rings. The summed E-state index contributed by atoms with van der Waals surface area (Å²) >= 11 is 0. The van der Waals surface area contributed by atoms with E-state index >= 15 is 0 Å². The van der Waals surface area contributed by atoms with Crippen molar-refractivity contribution in [2.75, 3.05) is 13.1 Å². The van der Waals surface area contributed by atoms with Gasteiger partial charge in [0.25, 0.3) is 5.91 Å². The second-order valence-corrected chi connectivity index (χ2v) is 7.93.